The number of aromatic hydroxyl groups is 1. The first-order valence-electron chi connectivity index (χ1n) is 7.29. The number of aromatic amines is 1. The quantitative estimate of drug-likeness (QED) is 0.626. The minimum atomic E-state index is 0.0124. The van der Waals surface area contributed by atoms with Crippen LogP contribution in [-0.4, -0.2) is 20.9 Å². The molecule has 1 aliphatic rings. The summed E-state index contributed by atoms with van der Waals surface area (Å²) in [4.78, 5) is 7.39. The molecule has 2 aromatic carbocycles. The summed E-state index contributed by atoms with van der Waals surface area (Å²) >= 11 is 11.6. The van der Waals surface area contributed by atoms with E-state index in [4.69, 9.17) is 23.8 Å². The van der Waals surface area contributed by atoms with Gasteiger partial charge in [0.05, 0.1) is 16.4 Å². The predicted octanol–water partition coefficient (Wildman–Crippen LogP) is 5.15. The number of H-pyrrole nitrogens is 1. The second-order valence-corrected chi connectivity index (χ2v) is 6.12. The van der Waals surface area contributed by atoms with Gasteiger partial charge in [0.2, 0.25) is 5.88 Å². The van der Waals surface area contributed by atoms with Crippen LogP contribution in [0.15, 0.2) is 53.5 Å². The molecule has 2 N–H and O–H groups in total. The molecule has 0 saturated heterocycles. The van der Waals surface area contributed by atoms with E-state index in [0.717, 1.165) is 16.8 Å². The van der Waals surface area contributed by atoms with Crippen molar-refractivity contribution in [1.29, 1.82) is 0 Å². The van der Waals surface area contributed by atoms with Crippen molar-refractivity contribution in [2.45, 2.75) is 0 Å². The van der Waals surface area contributed by atoms with Gasteiger partial charge in [-0.1, -0.05) is 41.9 Å². The summed E-state index contributed by atoms with van der Waals surface area (Å²) in [6.07, 6.45) is 3.60. The molecule has 0 fully saturated rings. The van der Waals surface area contributed by atoms with Crippen molar-refractivity contribution in [2.75, 3.05) is 0 Å². The van der Waals surface area contributed by atoms with E-state index >= 15 is 0 Å². The van der Waals surface area contributed by atoms with Crippen molar-refractivity contribution in [1.82, 2.24) is 9.55 Å². The molecule has 0 unspecified atom stereocenters. The largest absolute Gasteiger partial charge is 0.493 e. The lowest BCUT2D eigenvalue weighted by Gasteiger charge is -2.06. The highest BCUT2D eigenvalue weighted by molar-refractivity contribution is 7.71. The molecular formula is C18H12ClN3OS. The maximum Gasteiger partial charge on any atom is 0.222 e. The van der Waals surface area contributed by atoms with Crippen molar-refractivity contribution >= 4 is 47.4 Å². The third-order valence-corrected chi connectivity index (χ3v) is 4.45. The molecule has 0 radical (unpaired) electrons. The molecule has 0 atom stereocenters. The van der Waals surface area contributed by atoms with Gasteiger partial charge in [-0.05, 0) is 36.5 Å². The average molecular weight is 354 g/mol. The normalized spacial score (nSPS) is 14.3. The molecule has 1 aromatic heterocycles. The zero-order valence-electron chi connectivity index (χ0n) is 12.4. The number of aromatic nitrogens is 2. The van der Waals surface area contributed by atoms with Crippen molar-refractivity contribution in [3.8, 4) is 11.6 Å². The zero-order chi connectivity index (χ0) is 16.7. The van der Waals surface area contributed by atoms with Gasteiger partial charge < -0.3 is 10.1 Å². The third-order valence-electron chi connectivity index (χ3n) is 3.85. The van der Waals surface area contributed by atoms with Gasteiger partial charge in [-0.3, -0.25) is 9.56 Å². The second kappa shape index (κ2) is 5.78. The van der Waals surface area contributed by atoms with Crippen LogP contribution < -0.4 is 0 Å². The first kappa shape index (κ1) is 14.9. The first-order valence-corrected chi connectivity index (χ1v) is 8.08. The Labute approximate surface area is 148 Å². The Hall–Kier alpha value is -2.63. The highest BCUT2D eigenvalue weighted by Gasteiger charge is 2.16. The van der Waals surface area contributed by atoms with Gasteiger partial charge in [-0.2, -0.15) is 0 Å². The lowest BCUT2D eigenvalue weighted by atomic mass is 10.1. The van der Waals surface area contributed by atoms with E-state index in [-0.39, 0.29) is 5.88 Å². The molecule has 0 amide bonds. The van der Waals surface area contributed by atoms with Crippen LogP contribution in [-0.2, 0) is 0 Å². The van der Waals surface area contributed by atoms with Gasteiger partial charge in [-0.15, -0.1) is 0 Å². The maximum absolute atomic E-state index is 10.6. The molecule has 118 valence electrons. The summed E-state index contributed by atoms with van der Waals surface area (Å²) in [6, 6.07) is 15.1. The van der Waals surface area contributed by atoms with Crippen molar-refractivity contribution < 1.29 is 5.11 Å². The molecule has 0 saturated carbocycles. The van der Waals surface area contributed by atoms with Crippen LogP contribution >= 0.6 is 23.8 Å². The number of hydrogen-bond acceptors (Lipinski definition) is 3. The molecular weight excluding hydrogens is 342 g/mol. The average Bonchev–Trinajstić information content (AvgIpc) is 3.11. The SMILES string of the molecule is Oc1c(/C=C2\C=Nc3ccccc32)[nH]c(=S)n1-c1ccccc1Cl. The smallest absolute Gasteiger partial charge is 0.222 e. The first-order chi connectivity index (χ1) is 11.6. The van der Waals surface area contributed by atoms with Crippen molar-refractivity contribution in [3.05, 3.63) is 69.6 Å². The molecule has 4 rings (SSSR count). The van der Waals surface area contributed by atoms with E-state index in [1.807, 2.05) is 42.5 Å². The van der Waals surface area contributed by atoms with Crippen LogP contribution in [0.4, 0.5) is 5.69 Å². The Bertz CT molecular complexity index is 1060. The summed E-state index contributed by atoms with van der Waals surface area (Å²) in [5.74, 6) is 0.0124. The van der Waals surface area contributed by atoms with Gasteiger partial charge in [-0.25, -0.2) is 0 Å². The van der Waals surface area contributed by atoms with Gasteiger partial charge in [0.15, 0.2) is 4.77 Å². The zero-order valence-corrected chi connectivity index (χ0v) is 14.0. The Kier molecular flexibility index (Phi) is 3.59. The maximum atomic E-state index is 10.6. The summed E-state index contributed by atoms with van der Waals surface area (Å²) in [6.45, 7) is 0. The summed E-state index contributed by atoms with van der Waals surface area (Å²) in [5.41, 5.74) is 3.97. The Morgan fingerprint density at radius 1 is 1.12 bits per heavy atom. The van der Waals surface area contributed by atoms with E-state index in [9.17, 15) is 5.11 Å². The molecule has 4 nitrogen and oxygen atoms in total. The van der Waals surface area contributed by atoms with Crippen LogP contribution in [0.3, 0.4) is 0 Å². The fourth-order valence-electron chi connectivity index (χ4n) is 2.71. The van der Waals surface area contributed by atoms with Crippen molar-refractivity contribution in [3.63, 3.8) is 0 Å². The van der Waals surface area contributed by atoms with Gasteiger partial charge in [0.25, 0.3) is 0 Å². The highest BCUT2D eigenvalue weighted by atomic mass is 35.5. The third kappa shape index (κ3) is 2.38. The number of nitrogens with zero attached hydrogens (tertiary/aromatic N) is 2. The van der Waals surface area contributed by atoms with Crippen LogP contribution in [0.25, 0.3) is 17.3 Å². The van der Waals surface area contributed by atoms with E-state index < -0.39 is 0 Å². The fraction of sp³-hybridized carbons (Fsp3) is 0. The number of rotatable bonds is 2. The molecule has 0 aliphatic carbocycles. The predicted molar refractivity (Wildman–Crippen MR) is 100 cm³/mol. The molecule has 1 aliphatic heterocycles. The van der Waals surface area contributed by atoms with Crippen LogP contribution in [0.5, 0.6) is 5.88 Å². The number of nitrogens with one attached hydrogen (secondary N) is 1. The monoisotopic (exact) mass is 353 g/mol. The lowest BCUT2D eigenvalue weighted by molar-refractivity contribution is 0.441. The number of benzene rings is 2. The van der Waals surface area contributed by atoms with Gasteiger partial charge >= 0.3 is 0 Å². The molecule has 2 heterocycles. The highest BCUT2D eigenvalue weighted by Crippen LogP contribution is 2.34. The van der Waals surface area contributed by atoms with E-state index in [2.05, 4.69) is 9.98 Å². The molecule has 0 spiro atoms. The Morgan fingerprint density at radius 3 is 2.71 bits per heavy atom. The van der Waals surface area contributed by atoms with Gasteiger partial charge in [0, 0.05) is 17.4 Å². The van der Waals surface area contributed by atoms with E-state index in [1.165, 1.54) is 4.57 Å². The van der Waals surface area contributed by atoms with E-state index in [1.54, 1.807) is 18.3 Å². The van der Waals surface area contributed by atoms with Gasteiger partial charge in [0.1, 0.15) is 5.69 Å². The van der Waals surface area contributed by atoms with Crippen LogP contribution in [0.1, 0.15) is 11.3 Å². The fourth-order valence-corrected chi connectivity index (χ4v) is 3.23. The summed E-state index contributed by atoms with van der Waals surface area (Å²) < 4.78 is 1.89. The van der Waals surface area contributed by atoms with Crippen LogP contribution in [0.2, 0.25) is 5.02 Å². The number of allylic oxidation sites excluding steroid dienone is 1. The standard InChI is InChI=1S/C18H12ClN3OS/c19-13-6-2-4-8-16(13)22-17(23)15(21-18(22)24)9-11-10-20-14-7-3-1-5-12(11)14/h1-10,23H,(H,21,24)/b11-9+. The lowest BCUT2D eigenvalue weighted by Crippen LogP contribution is -1.94. The Morgan fingerprint density at radius 2 is 1.88 bits per heavy atom. The van der Waals surface area contributed by atoms with E-state index in [0.29, 0.717) is 21.2 Å². The topological polar surface area (TPSA) is 53.3 Å². The number of halogens is 1. The number of fused-ring (bicyclic) bond motifs is 1. The minimum absolute atomic E-state index is 0.0124. The number of imidazole rings is 1. The number of hydrogen-bond donors (Lipinski definition) is 2. The number of aliphatic imine (C=N–C) groups is 1. The minimum Gasteiger partial charge on any atom is -0.493 e. The molecule has 24 heavy (non-hydrogen) atoms. The Balaban J connectivity index is 1.84. The number of para-hydroxylation sites is 2. The van der Waals surface area contributed by atoms with Crippen LogP contribution in [0, 0.1) is 4.77 Å². The van der Waals surface area contributed by atoms with Crippen molar-refractivity contribution in [2.24, 2.45) is 4.99 Å². The molecule has 6 heteroatoms. The molecule has 0 bridgehead atoms. The molecule has 3 aromatic rings. The second-order valence-electron chi connectivity index (χ2n) is 5.33. The summed E-state index contributed by atoms with van der Waals surface area (Å²) in [5, 5.41) is 11.1. The summed E-state index contributed by atoms with van der Waals surface area (Å²) in [7, 11) is 0.